The van der Waals surface area contributed by atoms with Crippen LogP contribution in [0.4, 0.5) is 0 Å². The van der Waals surface area contributed by atoms with Gasteiger partial charge < -0.3 is 0 Å². The summed E-state index contributed by atoms with van der Waals surface area (Å²) in [7, 11) is 0. The first kappa shape index (κ1) is 12.0. The maximum absolute atomic E-state index is 9.00. The van der Waals surface area contributed by atoms with Crippen molar-refractivity contribution in [2.45, 2.75) is 18.9 Å². The van der Waals surface area contributed by atoms with Gasteiger partial charge in [0.1, 0.15) is 11.1 Å². The average Bonchev–Trinajstić information content (AvgIpc) is 2.19. The number of hydrogen-bond donors (Lipinski definition) is 0. The molecule has 0 aliphatic rings. The minimum Gasteiger partial charge on any atom is -0.192 e. The van der Waals surface area contributed by atoms with Gasteiger partial charge in [-0.05, 0) is 19.4 Å². The molecule has 0 bridgehead atoms. The van der Waals surface area contributed by atoms with Crippen LogP contribution in [0.1, 0.15) is 16.8 Å². The number of nitriles is 1. The highest BCUT2D eigenvalue weighted by Crippen LogP contribution is 2.24. The van der Waals surface area contributed by atoms with Crippen molar-refractivity contribution in [3.05, 3.63) is 28.4 Å². The topological polar surface area (TPSA) is 49.6 Å². The van der Waals surface area contributed by atoms with Crippen LogP contribution in [-0.2, 0) is 0 Å². The molecule has 78 valence electrons. The Morgan fingerprint density at radius 1 is 1.53 bits per heavy atom. The number of aryl methyl sites for hydroxylation is 1. The average molecular weight is 240 g/mol. The highest BCUT2D eigenvalue weighted by molar-refractivity contribution is 7.99. The second-order valence-electron chi connectivity index (χ2n) is 3.01. The van der Waals surface area contributed by atoms with Gasteiger partial charge in [0, 0.05) is 10.8 Å². The first-order chi connectivity index (χ1) is 7.06. The van der Waals surface area contributed by atoms with Crippen LogP contribution in [0.2, 0.25) is 0 Å². The Kier molecular flexibility index (Phi) is 4.13. The molecular weight excluding hydrogens is 230 g/mol. The molecule has 1 aromatic rings. The molecule has 1 aromatic heterocycles. The van der Waals surface area contributed by atoms with E-state index in [1.807, 2.05) is 13.8 Å². The summed E-state index contributed by atoms with van der Waals surface area (Å²) < 4.78 is 0. The van der Waals surface area contributed by atoms with Crippen molar-refractivity contribution in [1.29, 1.82) is 5.26 Å². The van der Waals surface area contributed by atoms with Crippen molar-refractivity contribution in [1.82, 2.24) is 10.2 Å². The zero-order valence-corrected chi connectivity index (χ0v) is 10.1. The fourth-order valence-electron chi connectivity index (χ4n) is 0.966. The van der Waals surface area contributed by atoms with Gasteiger partial charge in [-0.3, -0.25) is 0 Å². The first-order valence-corrected chi connectivity index (χ1v) is 5.62. The highest BCUT2D eigenvalue weighted by Gasteiger charge is 2.10. The van der Waals surface area contributed by atoms with Crippen molar-refractivity contribution >= 4 is 23.4 Å². The molecule has 0 saturated carbocycles. The standard InChI is InChI=1S/C10H10ClN3S/c1-6(11)5-15-10-9(4-12)7(2)8(3)13-14-10/h1,5H2,2-3H3. The summed E-state index contributed by atoms with van der Waals surface area (Å²) in [6.07, 6.45) is 0. The maximum atomic E-state index is 9.00. The van der Waals surface area contributed by atoms with Gasteiger partial charge in [0.25, 0.3) is 0 Å². The van der Waals surface area contributed by atoms with E-state index in [1.54, 1.807) is 0 Å². The van der Waals surface area contributed by atoms with Gasteiger partial charge in [-0.2, -0.15) is 10.4 Å². The second-order valence-corrected chi connectivity index (χ2v) is 4.51. The van der Waals surface area contributed by atoms with E-state index in [0.717, 1.165) is 11.3 Å². The number of halogens is 1. The predicted molar refractivity (Wildman–Crippen MR) is 61.9 cm³/mol. The minimum absolute atomic E-state index is 0.531. The zero-order chi connectivity index (χ0) is 11.4. The normalized spacial score (nSPS) is 9.73. The van der Waals surface area contributed by atoms with Gasteiger partial charge in [0.05, 0.1) is 11.3 Å². The quantitative estimate of drug-likeness (QED) is 0.761. The molecule has 15 heavy (non-hydrogen) atoms. The number of nitrogens with zero attached hydrogens (tertiary/aromatic N) is 3. The van der Waals surface area contributed by atoms with Gasteiger partial charge in [0.2, 0.25) is 0 Å². The van der Waals surface area contributed by atoms with Crippen LogP contribution in [0.25, 0.3) is 0 Å². The lowest BCUT2D eigenvalue weighted by molar-refractivity contribution is 0.872. The summed E-state index contributed by atoms with van der Waals surface area (Å²) in [6, 6.07) is 2.13. The summed E-state index contributed by atoms with van der Waals surface area (Å²) in [5, 5.41) is 18.1. The molecule has 0 aliphatic carbocycles. The lowest BCUT2D eigenvalue weighted by Gasteiger charge is -2.05. The summed E-state index contributed by atoms with van der Waals surface area (Å²) in [5.41, 5.74) is 2.22. The minimum atomic E-state index is 0.531. The molecule has 0 fully saturated rings. The van der Waals surface area contributed by atoms with Crippen molar-refractivity contribution < 1.29 is 0 Å². The van der Waals surface area contributed by atoms with E-state index in [4.69, 9.17) is 16.9 Å². The number of rotatable bonds is 3. The number of thioether (sulfide) groups is 1. The fourth-order valence-corrected chi connectivity index (χ4v) is 1.86. The molecule has 0 atom stereocenters. The Bertz CT molecular complexity index is 437. The molecule has 1 rings (SSSR count). The SMILES string of the molecule is C=C(Cl)CSc1nnc(C)c(C)c1C#N. The molecule has 1 heterocycles. The summed E-state index contributed by atoms with van der Waals surface area (Å²) in [6.45, 7) is 7.27. The van der Waals surface area contributed by atoms with E-state index in [2.05, 4.69) is 22.8 Å². The van der Waals surface area contributed by atoms with Gasteiger partial charge in [-0.25, -0.2) is 0 Å². The van der Waals surface area contributed by atoms with E-state index < -0.39 is 0 Å². The predicted octanol–water partition coefficient (Wildman–Crippen LogP) is 2.81. The smallest absolute Gasteiger partial charge is 0.137 e. The van der Waals surface area contributed by atoms with Crippen LogP contribution in [0.15, 0.2) is 16.6 Å². The van der Waals surface area contributed by atoms with Gasteiger partial charge in [-0.1, -0.05) is 29.9 Å². The summed E-state index contributed by atoms with van der Waals surface area (Å²) in [5.74, 6) is 0.535. The monoisotopic (exact) mass is 239 g/mol. The molecule has 0 aliphatic heterocycles. The fraction of sp³-hybridized carbons (Fsp3) is 0.300. The lowest BCUT2D eigenvalue weighted by atomic mass is 10.1. The van der Waals surface area contributed by atoms with E-state index in [-0.39, 0.29) is 0 Å². The van der Waals surface area contributed by atoms with Crippen LogP contribution in [0.5, 0.6) is 0 Å². The van der Waals surface area contributed by atoms with Gasteiger partial charge in [0.15, 0.2) is 0 Å². The summed E-state index contributed by atoms with van der Waals surface area (Å²) >= 11 is 7.02. The van der Waals surface area contributed by atoms with Crippen molar-refractivity contribution in [2.24, 2.45) is 0 Å². The number of aromatic nitrogens is 2. The van der Waals surface area contributed by atoms with Crippen LogP contribution < -0.4 is 0 Å². The summed E-state index contributed by atoms with van der Waals surface area (Å²) in [4.78, 5) is 0. The van der Waals surface area contributed by atoms with Gasteiger partial charge >= 0.3 is 0 Å². The second kappa shape index (κ2) is 5.15. The molecule has 0 aromatic carbocycles. The lowest BCUT2D eigenvalue weighted by Crippen LogP contribution is -1.99. The molecule has 0 amide bonds. The van der Waals surface area contributed by atoms with Crippen LogP contribution in [0.3, 0.4) is 0 Å². The molecular formula is C10H10ClN3S. The third kappa shape index (κ3) is 2.95. The molecule has 5 heteroatoms. The largest absolute Gasteiger partial charge is 0.192 e. The van der Waals surface area contributed by atoms with E-state index in [0.29, 0.717) is 21.4 Å². The zero-order valence-electron chi connectivity index (χ0n) is 8.54. The van der Waals surface area contributed by atoms with Crippen LogP contribution in [0, 0.1) is 25.2 Å². The molecule has 0 spiro atoms. The Morgan fingerprint density at radius 3 is 2.73 bits per heavy atom. The molecule has 0 saturated heterocycles. The molecule has 0 N–H and O–H groups in total. The van der Waals surface area contributed by atoms with Crippen molar-refractivity contribution in [2.75, 3.05) is 5.75 Å². The molecule has 0 unspecified atom stereocenters. The Morgan fingerprint density at radius 2 is 2.20 bits per heavy atom. The highest BCUT2D eigenvalue weighted by atomic mass is 35.5. The Balaban J connectivity index is 3.04. The Labute approximate surface area is 98.2 Å². The van der Waals surface area contributed by atoms with Crippen molar-refractivity contribution in [3.8, 4) is 6.07 Å². The van der Waals surface area contributed by atoms with E-state index >= 15 is 0 Å². The maximum Gasteiger partial charge on any atom is 0.137 e. The first-order valence-electron chi connectivity index (χ1n) is 4.26. The third-order valence-electron chi connectivity index (χ3n) is 1.90. The molecule has 3 nitrogen and oxygen atoms in total. The Hall–Kier alpha value is -1.05. The van der Waals surface area contributed by atoms with Crippen molar-refractivity contribution in [3.63, 3.8) is 0 Å². The van der Waals surface area contributed by atoms with E-state index in [1.165, 1.54) is 11.8 Å². The number of hydrogen-bond acceptors (Lipinski definition) is 4. The molecule has 0 radical (unpaired) electrons. The van der Waals surface area contributed by atoms with Crippen LogP contribution in [-0.4, -0.2) is 16.0 Å². The van der Waals surface area contributed by atoms with Gasteiger partial charge in [-0.15, -0.1) is 5.10 Å². The van der Waals surface area contributed by atoms with E-state index in [9.17, 15) is 0 Å². The van der Waals surface area contributed by atoms with Crippen LogP contribution >= 0.6 is 23.4 Å². The third-order valence-corrected chi connectivity index (χ3v) is 3.24.